The van der Waals surface area contributed by atoms with Crippen LogP contribution in [0.15, 0.2) is 81.5 Å². The topological polar surface area (TPSA) is 120 Å². The zero-order valence-electron chi connectivity index (χ0n) is 24.1. The summed E-state index contributed by atoms with van der Waals surface area (Å²) in [6.07, 6.45) is 1.51. The molecule has 0 aliphatic carbocycles. The molecule has 0 aromatic heterocycles. The Morgan fingerprint density at radius 3 is 2.59 bits per heavy atom. The summed E-state index contributed by atoms with van der Waals surface area (Å²) in [5, 5.41) is 10.5. The monoisotopic (exact) mass is 792 g/mol. The van der Waals surface area contributed by atoms with E-state index < -0.39 is 17.9 Å². The molecule has 0 saturated heterocycles. The minimum atomic E-state index is -0.626. The third kappa shape index (κ3) is 8.70. The molecule has 1 heterocycles. The number of halogens is 2. The van der Waals surface area contributed by atoms with E-state index in [0.717, 1.165) is 13.6 Å². The number of hydrogen-bond acceptors (Lipinski definition) is 8. The molecule has 0 fully saturated rings. The van der Waals surface area contributed by atoms with Crippen LogP contribution >= 0.6 is 50.7 Å². The lowest BCUT2D eigenvalue weighted by atomic mass is 9.95. The van der Waals surface area contributed by atoms with Gasteiger partial charge in [0.15, 0.2) is 23.2 Å². The molecule has 1 aliphatic heterocycles. The fourth-order valence-corrected chi connectivity index (χ4v) is 5.62. The van der Waals surface area contributed by atoms with Crippen molar-refractivity contribution < 1.29 is 28.5 Å². The number of ether oxygens (including phenoxy) is 4. The molecule has 0 saturated carbocycles. The number of allylic oxidation sites excluding steroid dienone is 1. The number of thiocarbonyl (C=S) groups is 1. The van der Waals surface area contributed by atoms with Gasteiger partial charge in [0.25, 0.3) is 5.91 Å². The number of esters is 1. The first kappa shape index (κ1) is 33.2. The molecule has 1 aliphatic rings. The maximum absolute atomic E-state index is 12.8. The number of rotatable bonds is 12. The highest BCUT2D eigenvalue weighted by Gasteiger charge is 2.32. The standard InChI is InChI=1S/C31H30BrIN4O6S/c1-4-41-30(39)27-18(2)35-31(44)36-28(27)22-7-5-6-8-24(22)42-17-26(38)37-34-15-20-13-23(33)29(25(14-20)40-3)43-16-19-9-11-21(32)12-10-19/h5-15,28H,4,16-17H2,1-3H3,(H,37,38)(H2,35,36,44)/t28-/m0/s1. The number of methoxy groups -OCH3 is 1. The summed E-state index contributed by atoms with van der Waals surface area (Å²) in [7, 11) is 1.56. The van der Waals surface area contributed by atoms with E-state index in [1.54, 1.807) is 45.2 Å². The number of carbonyl (C=O) groups is 2. The van der Waals surface area contributed by atoms with Crippen LogP contribution in [-0.2, 0) is 20.9 Å². The lowest BCUT2D eigenvalue weighted by molar-refractivity contribution is -0.139. The number of nitrogens with zero attached hydrogens (tertiary/aromatic N) is 1. The fraction of sp³-hybridized carbons (Fsp3) is 0.226. The van der Waals surface area contributed by atoms with Gasteiger partial charge in [0, 0.05) is 15.7 Å². The van der Waals surface area contributed by atoms with Gasteiger partial charge in [0.05, 0.1) is 35.1 Å². The Morgan fingerprint density at radius 1 is 1.11 bits per heavy atom. The van der Waals surface area contributed by atoms with Crippen molar-refractivity contribution in [2.45, 2.75) is 26.5 Å². The Labute approximate surface area is 282 Å². The van der Waals surface area contributed by atoms with Crippen LogP contribution < -0.4 is 30.3 Å². The molecule has 0 radical (unpaired) electrons. The van der Waals surface area contributed by atoms with Crippen LogP contribution in [0.25, 0.3) is 0 Å². The fourth-order valence-electron chi connectivity index (χ4n) is 4.30. The lowest BCUT2D eigenvalue weighted by Crippen LogP contribution is -2.45. The Bertz CT molecular complexity index is 1600. The summed E-state index contributed by atoms with van der Waals surface area (Å²) in [5.41, 5.74) is 5.78. The minimum absolute atomic E-state index is 0.224. The number of carbonyl (C=O) groups excluding carboxylic acids is 2. The van der Waals surface area contributed by atoms with Crippen LogP contribution in [0, 0.1) is 3.57 Å². The third-order valence-electron chi connectivity index (χ3n) is 6.30. The van der Waals surface area contributed by atoms with Gasteiger partial charge in [-0.15, -0.1) is 0 Å². The van der Waals surface area contributed by atoms with Crippen molar-refractivity contribution in [3.8, 4) is 17.2 Å². The molecule has 3 N–H and O–H groups in total. The van der Waals surface area contributed by atoms with Gasteiger partial charge < -0.3 is 29.6 Å². The zero-order valence-corrected chi connectivity index (χ0v) is 28.7. The second-order valence-corrected chi connectivity index (χ2v) is 11.8. The number of benzene rings is 3. The van der Waals surface area contributed by atoms with Crippen molar-refractivity contribution in [2.24, 2.45) is 5.10 Å². The molecule has 44 heavy (non-hydrogen) atoms. The largest absolute Gasteiger partial charge is 0.493 e. The van der Waals surface area contributed by atoms with Crippen LogP contribution in [0.1, 0.15) is 36.6 Å². The van der Waals surface area contributed by atoms with E-state index in [2.05, 4.69) is 59.7 Å². The minimum Gasteiger partial charge on any atom is -0.493 e. The van der Waals surface area contributed by atoms with E-state index >= 15 is 0 Å². The summed E-state index contributed by atoms with van der Waals surface area (Å²) >= 11 is 10.9. The maximum atomic E-state index is 12.8. The van der Waals surface area contributed by atoms with E-state index in [1.807, 2.05) is 36.4 Å². The van der Waals surface area contributed by atoms with E-state index in [-0.39, 0.29) is 13.2 Å². The van der Waals surface area contributed by atoms with Gasteiger partial charge in [-0.05, 0) is 90.1 Å². The molecule has 13 heteroatoms. The Balaban J connectivity index is 1.39. The second kappa shape index (κ2) is 15.9. The third-order valence-corrected chi connectivity index (χ3v) is 7.85. The van der Waals surface area contributed by atoms with Gasteiger partial charge in [-0.25, -0.2) is 10.2 Å². The molecule has 10 nitrogen and oxygen atoms in total. The number of amides is 1. The van der Waals surface area contributed by atoms with Crippen molar-refractivity contribution in [3.63, 3.8) is 0 Å². The zero-order chi connectivity index (χ0) is 31.6. The van der Waals surface area contributed by atoms with Crippen LogP contribution in [-0.4, -0.2) is 43.5 Å². The van der Waals surface area contributed by atoms with Gasteiger partial charge in [0.1, 0.15) is 12.4 Å². The highest BCUT2D eigenvalue weighted by Crippen LogP contribution is 2.35. The first-order chi connectivity index (χ1) is 21.2. The van der Waals surface area contributed by atoms with Crippen molar-refractivity contribution in [2.75, 3.05) is 20.3 Å². The van der Waals surface area contributed by atoms with Crippen LogP contribution in [0.3, 0.4) is 0 Å². The number of para-hydroxylation sites is 1. The molecule has 0 unspecified atom stereocenters. The highest BCUT2D eigenvalue weighted by atomic mass is 127. The first-order valence-electron chi connectivity index (χ1n) is 13.4. The molecular formula is C31H30BrIN4O6S. The predicted octanol–water partition coefficient (Wildman–Crippen LogP) is 5.53. The SMILES string of the molecule is CCOC(=O)C1=C(C)NC(=S)N[C@H]1c1ccccc1OCC(=O)NN=Cc1cc(I)c(OCc2ccc(Br)cc2)c(OC)c1. The summed E-state index contributed by atoms with van der Waals surface area (Å²) in [4.78, 5) is 25.4. The number of hydrazone groups is 1. The van der Waals surface area contributed by atoms with E-state index in [1.165, 1.54) is 6.21 Å². The Hall–Kier alpha value is -3.69. The molecule has 0 bridgehead atoms. The van der Waals surface area contributed by atoms with Crippen LogP contribution in [0.5, 0.6) is 17.2 Å². The van der Waals surface area contributed by atoms with E-state index in [9.17, 15) is 9.59 Å². The van der Waals surface area contributed by atoms with Crippen LogP contribution in [0.4, 0.5) is 0 Å². The first-order valence-corrected chi connectivity index (χ1v) is 15.7. The quantitative estimate of drug-likeness (QED) is 0.0716. The Morgan fingerprint density at radius 2 is 1.86 bits per heavy atom. The van der Waals surface area contributed by atoms with E-state index in [0.29, 0.717) is 51.4 Å². The van der Waals surface area contributed by atoms with Gasteiger partial charge in [-0.1, -0.05) is 46.3 Å². The van der Waals surface area contributed by atoms with Gasteiger partial charge in [0.2, 0.25) is 0 Å². The molecule has 1 amide bonds. The summed E-state index contributed by atoms with van der Waals surface area (Å²) < 4.78 is 24.5. The predicted molar refractivity (Wildman–Crippen MR) is 183 cm³/mol. The van der Waals surface area contributed by atoms with Gasteiger partial charge in [-0.3, -0.25) is 4.79 Å². The van der Waals surface area contributed by atoms with Crippen molar-refractivity contribution in [1.82, 2.24) is 16.1 Å². The average Bonchev–Trinajstić information content (AvgIpc) is 3.00. The number of nitrogens with one attached hydrogen (secondary N) is 3. The molecular weight excluding hydrogens is 763 g/mol. The van der Waals surface area contributed by atoms with Gasteiger partial charge in [-0.2, -0.15) is 5.10 Å². The second-order valence-electron chi connectivity index (χ2n) is 9.36. The van der Waals surface area contributed by atoms with E-state index in [4.69, 9.17) is 31.2 Å². The average molecular weight is 793 g/mol. The van der Waals surface area contributed by atoms with Crippen molar-refractivity contribution in [1.29, 1.82) is 0 Å². The lowest BCUT2D eigenvalue weighted by Gasteiger charge is -2.30. The molecule has 0 spiro atoms. The van der Waals surface area contributed by atoms with Crippen molar-refractivity contribution in [3.05, 3.63) is 96.7 Å². The summed E-state index contributed by atoms with van der Waals surface area (Å²) in [6.45, 7) is 3.78. The summed E-state index contributed by atoms with van der Waals surface area (Å²) in [6, 6.07) is 18.0. The number of hydrogen-bond donors (Lipinski definition) is 3. The molecule has 4 rings (SSSR count). The van der Waals surface area contributed by atoms with Crippen LogP contribution in [0.2, 0.25) is 0 Å². The highest BCUT2D eigenvalue weighted by molar-refractivity contribution is 14.1. The smallest absolute Gasteiger partial charge is 0.338 e. The Kier molecular flexibility index (Phi) is 12.0. The maximum Gasteiger partial charge on any atom is 0.338 e. The molecule has 3 aromatic carbocycles. The molecule has 230 valence electrons. The van der Waals surface area contributed by atoms with Gasteiger partial charge >= 0.3 is 5.97 Å². The molecule has 3 aromatic rings. The normalized spacial score (nSPS) is 14.5. The summed E-state index contributed by atoms with van der Waals surface area (Å²) in [5.74, 6) is 0.609. The van der Waals surface area contributed by atoms with Crippen molar-refractivity contribution >= 4 is 73.9 Å². The molecule has 1 atom stereocenters.